The van der Waals surface area contributed by atoms with Crippen LogP contribution < -0.4 is 5.32 Å². The first-order valence-corrected chi connectivity index (χ1v) is 9.00. The molecule has 1 N–H and O–H groups in total. The fourth-order valence-corrected chi connectivity index (χ4v) is 3.52. The number of aromatic nitrogens is 3. The number of amides is 2. The first kappa shape index (κ1) is 17.5. The standard InChI is InChI=1S/C19H27N5O/c1-14(13-24-16(3)11-15(2)22-24)12-21-19(25)23-10-4-5-18(23)17-6-8-20-9-7-17/h6-9,11,14,18H,4-5,10,12-13H2,1-3H3,(H,21,25)/t14-,18-/m1/s1. The van der Waals surface area contributed by atoms with Crippen LogP contribution in [0.2, 0.25) is 0 Å². The number of carbonyl (C=O) groups excluding carboxylic acids is 1. The van der Waals surface area contributed by atoms with Gasteiger partial charge in [-0.05, 0) is 56.4 Å². The Bertz CT molecular complexity index is 712. The minimum absolute atomic E-state index is 0.0273. The third kappa shape index (κ3) is 4.18. The SMILES string of the molecule is Cc1cc(C)n(C[C@H](C)CNC(=O)N2CCC[C@@H]2c2ccncc2)n1. The molecule has 0 bridgehead atoms. The van der Waals surface area contributed by atoms with E-state index in [1.807, 2.05) is 28.6 Å². The number of hydrogen-bond acceptors (Lipinski definition) is 3. The highest BCUT2D eigenvalue weighted by molar-refractivity contribution is 5.75. The minimum Gasteiger partial charge on any atom is -0.338 e. The second kappa shape index (κ2) is 7.68. The Kier molecular flexibility index (Phi) is 5.36. The lowest BCUT2D eigenvalue weighted by Gasteiger charge is -2.26. The second-order valence-electron chi connectivity index (χ2n) is 7.03. The van der Waals surface area contributed by atoms with Crippen molar-refractivity contribution < 1.29 is 4.79 Å². The molecular formula is C19H27N5O. The molecule has 0 aliphatic carbocycles. The topological polar surface area (TPSA) is 63.1 Å². The van der Waals surface area contributed by atoms with Gasteiger partial charge in [0.25, 0.3) is 0 Å². The highest BCUT2D eigenvalue weighted by Crippen LogP contribution is 2.31. The van der Waals surface area contributed by atoms with Crippen molar-refractivity contribution in [1.82, 2.24) is 25.0 Å². The maximum absolute atomic E-state index is 12.6. The predicted molar refractivity (Wildman–Crippen MR) is 97.2 cm³/mol. The number of likely N-dealkylation sites (tertiary alicyclic amines) is 1. The van der Waals surface area contributed by atoms with Crippen LogP contribution in [0.25, 0.3) is 0 Å². The first-order valence-electron chi connectivity index (χ1n) is 9.00. The number of nitrogens with zero attached hydrogens (tertiary/aromatic N) is 4. The molecule has 1 aliphatic heterocycles. The van der Waals surface area contributed by atoms with Crippen LogP contribution in [0.5, 0.6) is 0 Å². The first-order chi connectivity index (χ1) is 12.0. The zero-order chi connectivity index (χ0) is 17.8. The summed E-state index contributed by atoms with van der Waals surface area (Å²) in [5.41, 5.74) is 3.36. The molecule has 0 spiro atoms. The lowest BCUT2D eigenvalue weighted by atomic mass is 10.1. The van der Waals surface area contributed by atoms with E-state index >= 15 is 0 Å². The largest absolute Gasteiger partial charge is 0.338 e. The Labute approximate surface area is 149 Å². The predicted octanol–water partition coefficient (Wildman–Crippen LogP) is 3.08. The van der Waals surface area contributed by atoms with Crippen molar-refractivity contribution in [2.24, 2.45) is 5.92 Å². The number of urea groups is 1. The van der Waals surface area contributed by atoms with E-state index < -0.39 is 0 Å². The molecule has 6 nitrogen and oxygen atoms in total. The van der Waals surface area contributed by atoms with Crippen molar-refractivity contribution in [2.45, 2.75) is 46.2 Å². The van der Waals surface area contributed by atoms with Gasteiger partial charge < -0.3 is 10.2 Å². The summed E-state index contributed by atoms with van der Waals surface area (Å²) in [4.78, 5) is 18.7. The smallest absolute Gasteiger partial charge is 0.317 e. The van der Waals surface area contributed by atoms with Gasteiger partial charge in [-0.1, -0.05) is 6.92 Å². The summed E-state index contributed by atoms with van der Waals surface area (Å²) in [6.07, 6.45) is 5.64. The van der Waals surface area contributed by atoms with Crippen LogP contribution in [0, 0.1) is 19.8 Å². The second-order valence-corrected chi connectivity index (χ2v) is 7.03. The number of nitrogens with one attached hydrogen (secondary N) is 1. The van der Waals surface area contributed by atoms with Gasteiger partial charge in [0.15, 0.2) is 0 Å². The lowest BCUT2D eigenvalue weighted by molar-refractivity contribution is 0.190. The molecule has 1 aliphatic rings. The molecule has 2 atom stereocenters. The van der Waals surface area contributed by atoms with E-state index in [1.54, 1.807) is 12.4 Å². The molecule has 1 saturated heterocycles. The van der Waals surface area contributed by atoms with Crippen LogP contribution in [-0.4, -0.2) is 38.8 Å². The van der Waals surface area contributed by atoms with E-state index in [0.717, 1.165) is 37.3 Å². The van der Waals surface area contributed by atoms with Crippen molar-refractivity contribution in [3.8, 4) is 0 Å². The summed E-state index contributed by atoms with van der Waals surface area (Å²) in [7, 11) is 0. The van der Waals surface area contributed by atoms with Crippen molar-refractivity contribution in [3.05, 3.63) is 47.5 Å². The van der Waals surface area contributed by atoms with Gasteiger partial charge in [-0.3, -0.25) is 9.67 Å². The summed E-state index contributed by atoms with van der Waals surface area (Å²) in [5.74, 6) is 0.323. The van der Waals surface area contributed by atoms with E-state index in [9.17, 15) is 4.79 Å². The van der Waals surface area contributed by atoms with Crippen LogP contribution in [0.3, 0.4) is 0 Å². The van der Waals surface area contributed by atoms with Gasteiger partial charge in [-0.25, -0.2) is 4.79 Å². The molecule has 0 unspecified atom stereocenters. The number of carbonyl (C=O) groups is 1. The van der Waals surface area contributed by atoms with Crippen molar-refractivity contribution in [1.29, 1.82) is 0 Å². The Balaban J connectivity index is 1.54. The summed E-state index contributed by atoms with van der Waals surface area (Å²) >= 11 is 0. The Morgan fingerprint density at radius 1 is 1.36 bits per heavy atom. The average Bonchev–Trinajstić information content (AvgIpc) is 3.20. The van der Waals surface area contributed by atoms with Gasteiger partial charge in [-0.15, -0.1) is 0 Å². The third-order valence-corrected chi connectivity index (χ3v) is 4.79. The Morgan fingerprint density at radius 3 is 2.80 bits per heavy atom. The molecule has 2 aromatic heterocycles. The van der Waals surface area contributed by atoms with Gasteiger partial charge >= 0.3 is 6.03 Å². The molecule has 0 aromatic carbocycles. The molecular weight excluding hydrogens is 314 g/mol. The van der Waals surface area contributed by atoms with E-state index in [1.165, 1.54) is 5.56 Å². The van der Waals surface area contributed by atoms with E-state index in [4.69, 9.17) is 0 Å². The maximum atomic E-state index is 12.6. The van der Waals surface area contributed by atoms with E-state index in [2.05, 4.69) is 35.3 Å². The lowest BCUT2D eigenvalue weighted by Crippen LogP contribution is -2.41. The number of rotatable bonds is 5. The Hall–Kier alpha value is -2.37. The summed E-state index contributed by atoms with van der Waals surface area (Å²) in [5, 5.41) is 7.59. The van der Waals surface area contributed by atoms with Gasteiger partial charge in [0, 0.05) is 37.7 Å². The summed E-state index contributed by atoms with van der Waals surface area (Å²) in [6.45, 7) is 8.48. The minimum atomic E-state index is 0.0273. The van der Waals surface area contributed by atoms with Gasteiger partial charge in [0.1, 0.15) is 0 Å². The zero-order valence-corrected chi connectivity index (χ0v) is 15.3. The summed E-state index contributed by atoms with van der Waals surface area (Å²) < 4.78 is 2.02. The summed E-state index contributed by atoms with van der Waals surface area (Å²) in [6, 6.07) is 6.27. The van der Waals surface area contributed by atoms with E-state index in [-0.39, 0.29) is 12.1 Å². The van der Waals surface area contributed by atoms with Crippen molar-refractivity contribution in [2.75, 3.05) is 13.1 Å². The van der Waals surface area contributed by atoms with Crippen LogP contribution in [0.1, 0.15) is 42.8 Å². The van der Waals surface area contributed by atoms with Crippen LogP contribution in [0.15, 0.2) is 30.6 Å². The Morgan fingerprint density at radius 2 is 2.12 bits per heavy atom. The zero-order valence-electron chi connectivity index (χ0n) is 15.3. The molecule has 0 radical (unpaired) electrons. The normalized spacial score (nSPS) is 18.4. The highest BCUT2D eigenvalue weighted by Gasteiger charge is 2.29. The molecule has 2 aromatic rings. The molecule has 0 saturated carbocycles. The maximum Gasteiger partial charge on any atom is 0.317 e. The van der Waals surface area contributed by atoms with Crippen molar-refractivity contribution >= 4 is 6.03 Å². The number of aryl methyl sites for hydroxylation is 2. The van der Waals surface area contributed by atoms with Gasteiger partial charge in [0.2, 0.25) is 0 Å². The monoisotopic (exact) mass is 341 g/mol. The number of hydrogen-bond donors (Lipinski definition) is 1. The van der Waals surface area contributed by atoms with Crippen LogP contribution in [0.4, 0.5) is 4.79 Å². The highest BCUT2D eigenvalue weighted by atomic mass is 16.2. The van der Waals surface area contributed by atoms with Crippen LogP contribution >= 0.6 is 0 Å². The van der Waals surface area contributed by atoms with E-state index in [0.29, 0.717) is 12.5 Å². The van der Waals surface area contributed by atoms with Gasteiger partial charge in [0.05, 0.1) is 11.7 Å². The fourth-order valence-electron chi connectivity index (χ4n) is 3.52. The molecule has 6 heteroatoms. The molecule has 3 rings (SSSR count). The fraction of sp³-hybridized carbons (Fsp3) is 0.526. The van der Waals surface area contributed by atoms with Gasteiger partial charge in [-0.2, -0.15) is 5.10 Å². The van der Waals surface area contributed by atoms with Crippen molar-refractivity contribution in [3.63, 3.8) is 0 Å². The molecule has 1 fully saturated rings. The third-order valence-electron chi connectivity index (χ3n) is 4.79. The molecule has 3 heterocycles. The van der Waals surface area contributed by atoms with Crippen LogP contribution in [-0.2, 0) is 6.54 Å². The average molecular weight is 341 g/mol. The molecule has 25 heavy (non-hydrogen) atoms. The molecule has 2 amide bonds. The molecule has 134 valence electrons. The number of pyridine rings is 1. The quantitative estimate of drug-likeness (QED) is 0.909.